The van der Waals surface area contributed by atoms with Gasteiger partial charge in [-0.2, -0.15) is 0 Å². The van der Waals surface area contributed by atoms with Crippen molar-refractivity contribution < 1.29 is 19.4 Å². The van der Waals surface area contributed by atoms with Gasteiger partial charge in [-0.15, -0.1) is 0 Å². The molecule has 0 aromatic heterocycles. The van der Waals surface area contributed by atoms with Gasteiger partial charge in [0, 0.05) is 5.56 Å². The Labute approximate surface area is 144 Å². The smallest absolute Gasteiger partial charge is 0.339 e. The Morgan fingerprint density at radius 3 is 2.54 bits per heavy atom. The number of ether oxygens (including phenoxy) is 2. The topological polar surface area (TPSA) is 55.8 Å². The van der Waals surface area contributed by atoms with Crippen LogP contribution in [0.3, 0.4) is 0 Å². The van der Waals surface area contributed by atoms with Gasteiger partial charge < -0.3 is 14.6 Å². The number of para-hydroxylation sites is 1. The summed E-state index contributed by atoms with van der Waals surface area (Å²) in [4.78, 5) is 11.4. The maximum Gasteiger partial charge on any atom is 0.339 e. The summed E-state index contributed by atoms with van der Waals surface area (Å²) in [6, 6.07) is 7.07. The molecule has 0 fully saturated rings. The molecule has 0 amide bonds. The van der Waals surface area contributed by atoms with Crippen molar-refractivity contribution in [1.29, 1.82) is 0 Å². The first kappa shape index (κ1) is 19.6. The maximum absolute atomic E-state index is 11.4. The molecule has 0 aliphatic heterocycles. The zero-order valence-electron chi connectivity index (χ0n) is 14.8. The van der Waals surface area contributed by atoms with E-state index in [4.69, 9.17) is 9.47 Å². The molecule has 0 radical (unpaired) electrons. The van der Waals surface area contributed by atoms with Crippen molar-refractivity contribution in [3.05, 3.63) is 59.4 Å². The molecule has 24 heavy (non-hydrogen) atoms. The summed E-state index contributed by atoms with van der Waals surface area (Å²) >= 11 is 0. The van der Waals surface area contributed by atoms with Crippen molar-refractivity contribution in [2.45, 2.75) is 33.6 Å². The Kier molecular flexibility index (Phi) is 8.41. The van der Waals surface area contributed by atoms with Crippen LogP contribution in [0.5, 0.6) is 5.75 Å². The molecule has 0 bridgehead atoms. The van der Waals surface area contributed by atoms with Crippen LogP contribution in [0.25, 0.3) is 5.57 Å². The lowest BCUT2D eigenvalue weighted by Gasteiger charge is -2.12. The van der Waals surface area contributed by atoms with Gasteiger partial charge in [0.15, 0.2) is 0 Å². The summed E-state index contributed by atoms with van der Waals surface area (Å²) < 4.78 is 10.7. The van der Waals surface area contributed by atoms with Crippen LogP contribution < -0.4 is 4.74 Å². The third kappa shape index (κ3) is 6.32. The average Bonchev–Trinajstić information content (AvgIpc) is 2.57. The van der Waals surface area contributed by atoms with E-state index < -0.39 is 5.97 Å². The van der Waals surface area contributed by atoms with Crippen LogP contribution in [0.1, 0.15) is 39.2 Å². The Morgan fingerprint density at radius 2 is 1.92 bits per heavy atom. The zero-order valence-corrected chi connectivity index (χ0v) is 14.8. The van der Waals surface area contributed by atoms with Crippen LogP contribution in [-0.2, 0) is 9.53 Å². The van der Waals surface area contributed by atoms with Crippen molar-refractivity contribution in [2.75, 3.05) is 13.7 Å². The first-order chi connectivity index (χ1) is 11.5. The number of allylic oxidation sites excluding steroid dienone is 3. The number of aliphatic carboxylic acids is 1. The Hall–Kier alpha value is -2.49. The van der Waals surface area contributed by atoms with Gasteiger partial charge in [-0.25, -0.2) is 4.79 Å². The third-order valence-electron chi connectivity index (χ3n) is 3.62. The van der Waals surface area contributed by atoms with Crippen molar-refractivity contribution in [3.63, 3.8) is 0 Å². The Balaban J connectivity index is 2.80. The summed E-state index contributed by atoms with van der Waals surface area (Å²) in [5.74, 6) is -0.525. The highest BCUT2D eigenvalue weighted by Crippen LogP contribution is 2.26. The molecule has 4 heteroatoms. The second-order valence-electron chi connectivity index (χ2n) is 5.58. The highest BCUT2D eigenvalue weighted by molar-refractivity contribution is 6.15. The summed E-state index contributed by atoms with van der Waals surface area (Å²) in [6.45, 7) is 6.59. The number of hydrogen-bond donors (Lipinski definition) is 1. The summed E-state index contributed by atoms with van der Waals surface area (Å²) in [5.41, 5.74) is 3.05. The second-order valence-corrected chi connectivity index (χ2v) is 5.58. The standard InChI is InChI=1S/C20H26O4/c1-5-15(2)9-8-10-16(3)13-24-19-12-7-6-11-17(19)18(14-23-4)20(21)22/h5-7,10-12,14H,8-9,13H2,1-4H3,(H,21,22)/b15-5+,16-10+,18-14-. The molecule has 0 atom stereocenters. The molecule has 1 N–H and O–H groups in total. The van der Waals surface area contributed by atoms with Crippen molar-refractivity contribution in [2.24, 2.45) is 0 Å². The number of carbonyl (C=O) groups is 1. The highest BCUT2D eigenvalue weighted by Gasteiger charge is 2.15. The summed E-state index contributed by atoms with van der Waals surface area (Å²) in [7, 11) is 1.42. The lowest BCUT2D eigenvalue weighted by Crippen LogP contribution is -2.05. The molecule has 0 spiro atoms. The molecular formula is C20H26O4. The van der Waals surface area contributed by atoms with E-state index in [0.717, 1.165) is 18.4 Å². The van der Waals surface area contributed by atoms with Gasteiger partial charge in [-0.05, 0) is 45.3 Å². The van der Waals surface area contributed by atoms with Gasteiger partial charge >= 0.3 is 5.97 Å². The summed E-state index contributed by atoms with van der Waals surface area (Å²) in [6.07, 6.45) is 7.48. The van der Waals surface area contributed by atoms with E-state index in [1.807, 2.05) is 19.9 Å². The molecule has 0 unspecified atom stereocenters. The van der Waals surface area contributed by atoms with Crippen molar-refractivity contribution in [3.8, 4) is 5.75 Å². The van der Waals surface area contributed by atoms with Crippen molar-refractivity contribution in [1.82, 2.24) is 0 Å². The SMILES string of the molecule is C/C=C(\C)CC/C=C(\C)COc1ccccc1/C(=C/OC)C(=O)O. The van der Waals surface area contributed by atoms with E-state index in [-0.39, 0.29) is 5.57 Å². The minimum Gasteiger partial charge on any atom is -0.503 e. The van der Waals surface area contributed by atoms with Gasteiger partial charge in [0.1, 0.15) is 17.9 Å². The molecule has 1 aromatic rings. The zero-order chi connectivity index (χ0) is 17.9. The first-order valence-corrected chi connectivity index (χ1v) is 7.95. The lowest BCUT2D eigenvalue weighted by atomic mass is 10.1. The van der Waals surface area contributed by atoms with E-state index >= 15 is 0 Å². The van der Waals surface area contributed by atoms with Gasteiger partial charge in [-0.3, -0.25) is 0 Å². The minimum atomic E-state index is -1.05. The quantitative estimate of drug-likeness (QED) is 0.400. The molecule has 0 heterocycles. The number of carboxylic acid groups (broad SMARTS) is 1. The molecule has 0 aliphatic carbocycles. The van der Waals surface area contributed by atoms with E-state index in [1.54, 1.807) is 18.2 Å². The van der Waals surface area contributed by atoms with Crippen LogP contribution >= 0.6 is 0 Å². The summed E-state index contributed by atoms with van der Waals surface area (Å²) in [5, 5.41) is 9.33. The predicted molar refractivity (Wildman–Crippen MR) is 97.0 cm³/mol. The lowest BCUT2D eigenvalue weighted by molar-refractivity contribution is -0.130. The van der Waals surface area contributed by atoms with Crippen LogP contribution in [0.4, 0.5) is 0 Å². The van der Waals surface area contributed by atoms with Gasteiger partial charge in [-0.1, -0.05) is 35.9 Å². The fourth-order valence-electron chi connectivity index (χ4n) is 2.10. The molecule has 1 rings (SSSR count). The molecular weight excluding hydrogens is 304 g/mol. The number of methoxy groups -OCH3 is 1. The molecule has 0 saturated heterocycles. The monoisotopic (exact) mass is 330 g/mol. The van der Waals surface area contributed by atoms with Gasteiger partial charge in [0.25, 0.3) is 0 Å². The molecule has 130 valence electrons. The fourth-order valence-corrected chi connectivity index (χ4v) is 2.10. The minimum absolute atomic E-state index is 0.0680. The van der Waals surface area contributed by atoms with Crippen LogP contribution in [0, 0.1) is 0 Å². The maximum atomic E-state index is 11.4. The normalized spacial score (nSPS) is 12.9. The number of carboxylic acids is 1. The Morgan fingerprint density at radius 1 is 1.21 bits per heavy atom. The molecule has 4 nitrogen and oxygen atoms in total. The van der Waals surface area contributed by atoms with E-state index in [2.05, 4.69) is 19.1 Å². The average molecular weight is 330 g/mol. The number of rotatable bonds is 9. The molecule has 0 saturated carbocycles. The van der Waals surface area contributed by atoms with Crippen molar-refractivity contribution >= 4 is 11.5 Å². The number of hydrogen-bond acceptors (Lipinski definition) is 3. The van der Waals surface area contributed by atoms with Gasteiger partial charge in [0.05, 0.1) is 13.4 Å². The van der Waals surface area contributed by atoms with Crippen LogP contribution in [0.2, 0.25) is 0 Å². The Bertz CT molecular complexity index is 639. The predicted octanol–water partition coefficient (Wildman–Crippen LogP) is 4.83. The molecule has 1 aromatic carbocycles. The van der Waals surface area contributed by atoms with E-state index in [1.165, 1.54) is 18.9 Å². The van der Waals surface area contributed by atoms with Crippen LogP contribution in [0.15, 0.2) is 53.8 Å². The van der Waals surface area contributed by atoms with Crippen LogP contribution in [-0.4, -0.2) is 24.8 Å². The number of benzene rings is 1. The first-order valence-electron chi connectivity index (χ1n) is 7.95. The van der Waals surface area contributed by atoms with Gasteiger partial charge in [0.2, 0.25) is 0 Å². The van der Waals surface area contributed by atoms with E-state index in [0.29, 0.717) is 17.9 Å². The second kappa shape index (κ2) is 10.3. The largest absolute Gasteiger partial charge is 0.503 e. The third-order valence-corrected chi connectivity index (χ3v) is 3.62. The highest BCUT2D eigenvalue weighted by atomic mass is 16.5. The van der Waals surface area contributed by atoms with E-state index in [9.17, 15) is 9.90 Å². The fraction of sp³-hybridized carbons (Fsp3) is 0.350. The molecule has 0 aliphatic rings.